The SMILES string of the molecule is C#Cc1c(C(N)=O)ccn2ncc(C)c12. The fourth-order valence-corrected chi connectivity index (χ4v) is 1.58. The Morgan fingerprint density at radius 2 is 2.40 bits per heavy atom. The van der Waals surface area contributed by atoms with Crippen molar-refractivity contribution < 1.29 is 4.79 Å². The number of hydrogen-bond acceptors (Lipinski definition) is 2. The number of aryl methyl sites for hydroxylation is 1. The summed E-state index contributed by atoms with van der Waals surface area (Å²) in [5.74, 6) is 1.96. The molecule has 0 bridgehead atoms. The van der Waals surface area contributed by atoms with Gasteiger partial charge in [-0.25, -0.2) is 4.52 Å². The molecule has 2 aromatic heterocycles. The molecular formula is C11H9N3O. The van der Waals surface area contributed by atoms with Crippen molar-refractivity contribution in [2.45, 2.75) is 6.92 Å². The Morgan fingerprint density at radius 1 is 1.67 bits per heavy atom. The maximum atomic E-state index is 11.2. The Hall–Kier alpha value is -2.28. The van der Waals surface area contributed by atoms with Gasteiger partial charge in [-0.15, -0.1) is 6.42 Å². The topological polar surface area (TPSA) is 60.4 Å². The van der Waals surface area contributed by atoms with Crippen LogP contribution in [0.2, 0.25) is 0 Å². The number of primary amides is 1. The number of pyridine rings is 1. The van der Waals surface area contributed by atoms with E-state index in [1.54, 1.807) is 23.0 Å². The molecule has 2 aromatic rings. The van der Waals surface area contributed by atoms with Crippen LogP contribution in [0.25, 0.3) is 5.52 Å². The van der Waals surface area contributed by atoms with Gasteiger partial charge in [0.05, 0.1) is 22.8 Å². The number of amides is 1. The molecule has 0 radical (unpaired) electrons. The minimum atomic E-state index is -0.522. The summed E-state index contributed by atoms with van der Waals surface area (Å²) in [7, 11) is 0. The molecular weight excluding hydrogens is 190 g/mol. The molecule has 0 saturated heterocycles. The van der Waals surface area contributed by atoms with Gasteiger partial charge in [0.2, 0.25) is 5.91 Å². The highest BCUT2D eigenvalue weighted by molar-refractivity contribution is 5.98. The van der Waals surface area contributed by atoms with Crippen LogP contribution in [0.15, 0.2) is 18.5 Å². The third-order valence-corrected chi connectivity index (χ3v) is 2.28. The first-order chi connectivity index (χ1) is 7.15. The summed E-state index contributed by atoms with van der Waals surface area (Å²) in [6.07, 6.45) is 8.75. The maximum absolute atomic E-state index is 11.2. The molecule has 0 saturated carbocycles. The van der Waals surface area contributed by atoms with Gasteiger partial charge < -0.3 is 5.73 Å². The fourth-order valence-electron chi connectivity index (χ4n) is 1.58. The van der Waals surface area contributed by atoms with Crippen LogP contribution in [0.5, 0.6) is 0 Å². The first-order valence-corrected chi connectivity index (χ1v) is 4.38. The van der Waals surface area contributed by atoms with Crippen molar-refractivity contribution in [2.24, 2.45) is 5.73 Å². The first-order valence-electron chi connectivity index (χ1n) is 4.38. The highest BCUT2D eigenvalue weighted by Crippen LogP contribution is 2.18. The average molecular weight is 199 g/mol. The molecule has 2 rings (SSSR count). The minimum Gasteiger partial charge on any atom is -0.366 e. The lowest BCUT2D eigenvalue weighted by molar-refractivity contribution is 0.1000. The van der Waals surface area contributed by atoms with Gasteiger partial charge in [0.1, 0.15) is 0 Å². The molecule has 74 valence electrons. The Bertz CT molecular complexity index is 590. The molecule has 0 unspecified atom stereocenters. The molecule has 4 heteroatoms. The number of carbonyl (C=O) groups is 1. The predicted octanol–water partition coefficient (Wildman–Crippen LogP) is 0.723. The summed E-state index contributed by atoms with van der Waals surface area (Å²) in [4.78, 5) is 11.2. The second-order valence-electron chi connectivity index (χ2n) is 3.23. The van der Waals surface area contributed by atoms with Crippen molar-refractivity contribution in [1.29, 1.82) is 0 Å². The summed E-state index contributed by atoms with van der Waals surface area (Å²) in [5.41, 5.74) is 7.77. The van der Waals surface area contributed by atoms with Gasteiger partial charge in [0.25, 0.3) is 0 Å². The zero-order valence-electron chi connectivity index (χ0n) is 8.19. The smallest absolute Gasteiger partial charge is 0.250 e. The number of carbonyl (C=O) groups excluding carboxylic acids is 1. The number of terminal acetylenes is 1. The molecule has 0 fully saturated rings. The van der Waals surface area contributed by atoms with E-state index in [0.717, 1.165) is 11.1 Å². The van der Waals surface area contributed by atoms with E-state index in [1.165, 1.54) is 0 Å². The Morgan fingerprint density at radius 3 is 3.00 bits per heavy atom. The molecule has 0 spiro atoms. The van der Waals surface area contributed by atoms with E-state index in [1.807, 2.05) is 6.92 Å². The largest absolute Gasteiger partial charge is 0.366 e. The summed E-state index contributed by atoms with van der Waals surface area (Å²) in [5, 5.41) is 4.10. The fraction of sp³-hybridized carbons (Fsp3) is 0.0909. The molecule has 4 nitrogen and oxygen atoms in total. The average Bonchev–Trinajstić information content (AvgIpc) is 2.59. The van der Waals surface area contributed by atoms with Gasteiger partial charge >= 0.3 is 0 Å². The van der Waals surface area contributed by atoms with Crippen LogP contribution >= 0.6 is 0 Å². The molecule has 2 N–H and O–H groups in total. The number of hydrogen-bond donors (Lipinski definition) is 1. The van der Waals surface area contributed by atoms with Gasteiger partial charge in [0, 0.05) is 6.20 Å². The van der Waals surface area contributed by atoms with E-state index in [9.17, 15) is 4.79 Å². The second-order valence-corrected chi connectivity index (χ2v) is 3.23. The van der Waals surface area contributed by atoms with Crippen molar-refractivity contribution >= 4 is 11.4 Å². The maximum Gasteiger partial charge on any atom is 0.250 e. The number of fused-ring (bicyclic) bond motifs is 1. The van der Waals surface area contributed by atoms with E-state index in [0.29, 0.717) is 11.1 Å². The second kappa shape index (κ2) is 3.14. The monoisotopic (exact) mass is 199 g/mol. The lowest BCUT2D eigenvalue weighted by atomic mass is 10.1. The van der Waals surface area contributed by atoms with Crippen molar-refractivity contribution in [2.75, 3.05) is 0 Å². The minimum absolute atomic E-state index is 0.355. The number of aromatic nitrogens is 2. The van der Waals surface area contributed by atoms with E-state index in [-0.39, 0.29) is 0 Å². The van der Waals surface area contributed by atoms with Crippen LogP contribution in [0.1, 0.15) is 21.5 Å². The van der Waals surface area contributed by atoms with Crippen LogP contribution in [0, 0.1) is 19.3 Å². The van der Waals surface area contributed by atoms with Crippen LogP contribution in [-0.2, 0) is 0 Å². The standard InChI is InChI=1S/C11H9N3O/c1-3-8-9(11(12)15)4-5-14-10(8)7(2)6-13-14/h1,4-6H,2H3,(H2,12,15). The van der Waals surface area contributed by atoms with Crippen molar-refractivity contribution in [3.63, 3.8) is 0 Å². The third-order valence-electron chi connectivity index (χ3n) is 2.28. The molecule has 15 heavy (non-hydrogen) atoms. The quantitative estimate of drug-likeness (QED) is 0.688. The van der Waals surface area contributed by atoms with E-state index >= 15 is 0 Å². The van der Waals surface area contributed by atoms with Crippen LogP contribution in [0.3, 0.4) is 0 Å². The molecule has 0 atom stereocenters. The summed E-state index contributed by atoms with van der Waals surface area (Å²) >= 11 is 0. The van der Waals surface area contributed by atoms with Crippen LogP contribution in [0.4, 0.5) is 0 Å². The third kappa shape index (κ3) is 1.25. The van der Waals surface area contributed by atoms with E-state index in [2.05, 4.69) is 11.0 Å². The highest BCUT2D eigenvalue weighted by Gasteiger charge is 2.12. The summed E-state index contributed by atoms with van der Waals surface area (Å²) in [6, 6.07) is 1.58. The molecule has 0 aliphatic carbocycles. The summed E-state index contributed by atoms with van der Waals surface area (Å²) < 4.78 is 1.64. The number of rotatable bonds is 1. The molecule has 0 aliphatic heterocycles. The Kier molecular flexibility index (Phi) is 1.94. The van der Waals surface area contributed by atoms with Crippen molar-refractivity contribution in [1.82, 2.24) is 9.61 Å². The van der Waals surface area contributed by atoms with E-state index in [4.69, 9.17) is 12.2 Å². The summed E-state index contributed by atoms with van der Waals surface area (Å²) in [6.45, 7) is 1.88. The van der Waals surface area contributed by atoms with Crippen LogP contribution in [-0.4, -0.2) is 15.5 Å². The zero-order valence-corrected chi connectivity index (χ0v) is 8.19. The Labute approximate surface area is 86.7 Å². The van der Waals surface area contributed by atoms with Gasteiger partial charge in [-0.3, -0.25) is 4.79 Å². The Balaban J connectivity index is 2.93. The van der Waals surface area contributed by atoms with Crippen LogP contribution < -0.4 is 5.73 Å². The van der Waals surface area contributed by atoms with Gasteiger partial charge in [-0.1, -0.05) is 5.92 Å². The van der Waals surface area contributed by atoms with E-state index < -0.39 is 5.91 Å². The zero-order chi connectivity index (χ0) is 11.0. The molecule has 0 aromatic carbocycles. The van der Waals surface area contributed by atoms with Crippen molar-refractivity contribution in [3.8, 4) is 12.3 Å². The lowest BCUT2D eigenvalue weighted by Gasteiger charge is -2.03. The lowest BCUT2D eigenvalue weighted by Crippen LogP contribution is -2.13. The normalized spacial score (nSPS) is 10.1. The molecule has 2 heterocycles. The highest BCUT2D eigenvalue weighted by atomic mass is 16.1. The number of nitrogens with two attached hydrogens (primary N) is 1. The van der Waals surface area contributed by atoms with Gasteiger partial charge in [-0.2, -0.15) is 5.10 Å². The molecule has 0 aliphatic rings. The first kappa shape index (κ1) is 9.28. The van der Waals surface area contributed by atoms with Crippen molar-refractivity contribution in [3.05, 3.63) is 35.2 Å². The van der Waals surface area contributed by atoms with Gasteiger partial charge in [0.15, 0.2) is 0 Å². The number of nitrogens with zero attached hydrogens (tertiary/aromatic N) is 2. The van der Waals surface area contributed by atoms with Gasteiger partial charge in [-0.05, 0) is 18.6 Å². The molecule has 1 amide bonds. The predicted molar refractivity (Wildman–Crippen MR) is 56.4 cm³/mol.